The van der Waals surface area contributed by atoms with Gasteiger partial charge in [0.1, 0.15) is 0 Å². The molecule has 84 valence electrons. The second-order valence-corrected chi connectivity index (χ2v) is 5.54. The highest BCUT2D eigenvalue weighted by molar-refractivity contribution is 4.77. The maximum Gasteiger partial charge on any atom is 0.0468 e. The normalized spacial score (nSPS) is 22.3. The summed E-state index contributed by atoms with van der Waals surface area (Å²) in [5, 5.41) is 9.36. The standard InChI is InChI=1S/C12H24O2/c1-12(2,3)11(9-13)8-10-4-6-14-7-5-10/h10-11,13H,4-9H2,1-3H3. The Labute approximate surface area is 87.7 Å². The first-order valence-electron chi connectivity index (χ1n) is 5.72. The zero-order chi connectivity index (χ0) is 10.6. The maximum absolute atomic E-state index is 9.36. The quantitative estimate of drug-likeness (QED) is 0.758. The molecule has 0 saturated carbocycles. The SMILES string of the molecule is CC(C)(C)C(CO)CC1CCOCC1. The van der Waals surface area contributed by atoms with Gasteiger partial charge < -0.3 is 9.84 Å². The van der Waals surface area contributed by atoms with Crippen molar-refractivity contribution < 1.29 is 9.84 Å². The van der Waals surface area contributed by atoms with Gasteiger partial charge in [-0.05, 0) is 36.5 Å². The number of ether oxygens (including phenoxy) is 1. The summed E-state index contributed by atoms with van der Waals surface area (Å²) in [7, 11) is 0. The third-order valence-electron chi connectivity index (χ3n) is 3.40. The van der Waals surface area contributed by atoms with Gasteiger partial charge in [-0.25, -0.2) is 0 Å². The van der Waals surface area contributed by atoms with Gasteiger partial charge in [0.15, 0.2) is 0 Å². The van der Waals surface area contributed by atoms with Crippen LogP contribution in [0.15, 0.2) is 0 Å². The van der Waals surface area contributed by atoms with Crippen LogP contribution >= 0.6 is 0 Å². The molecule has 1 heterocycles. The first-order valence-corrected chi connectivity index (χ1v) is 5.72. The lowest BCUT2D eigenvalue weighted by Crippen LogP contribution is -2.28. The summed E-state index contributed by atoms with van der Waals surface area (Å²) in [6.07, 6.45) is 3.50. The molecule has 1 fully saturated rings. The highest BCUT2D eigenvalue weighted by Crippen LogP contribution is 2.33. The van der Waals surface area contributed by atoms with Crippen molar-refractivity contribution in [3.8, 4) is 0 Å². The molecule has 0 spiro atoms. The smallest absolute Gasteiger partial charge is 0.0468 e. The van der Waals surface area contributed by atoms with E-state index in [1.54, 1.807) is 0 Å². The van der Waals surface area contributed by atoms with Gasteiger partial charge in [-0.1, -0.05) is 20.8 Å². The van der Waals surface area contributed by atoms with Crippen LogP contribution in [0.1, 0.15) is 40.0 Å². The third-order valence-corrected chi connectivity index (χ3v) is 3.40. The molecule has 0 aliphatic carbocycles. The molecule has 1 aliphatic heterocycles. The molecule has 14 heavy (non-hydrogen) atoms. The fraction of sp³-hybridized carbons (Fsp3) is 1.00. The van der Waals surface area contributed by atoms with E-state index in [0.29, 0.717) is 12.5 Å². The van der Waals surface area contributed by atoms with Gasteiger partial charge in [0.2, 0.25) is 0 Å². The number of aliphatic hydroxyl groups excluding tert-OH is 1. The van der Waals surface area contributed by atoms with Gasteiger partial charge in [-0.2, -0.15) is 0 Å². The molecule has 1 saturated heterocycles. The lowest BCUT2D eigenvalue weighted by atomic mass is 9.75. The molecular weight excluding hydrogens is 176 g/mol. The van der Waals surface area contributed by atoms with Crippen LogP contribution in [0.2, 0.25) is 0 Å². The molecule has 0 aromatic rings. The van der Waals surface area contributed by atoms with Gasteiger partial charge in [0, 0.05) is 19.8 Å². The summed E-state index contributed by atoms with van der Waals surface area (Å²) in [4.78, 5) is 0. The van der Waals surface area contributed by atoms with Crippen LogP contribution in [-0.4, -0.2) is 24.9 Å². The molecule has 0 aromatic heterocycles. The van der Waals surface area contributed by atoms with Gasteiger partial charge in [0.05, 0.1) is 0 Å². The molecule has 1 rings (SSSR count). The molecular formula is C12H24O2. The highest BCUT2D eigenvalue weighted by atomic mass is 16.5. The summed E-state index contributed by atoms with van der Waals surface area (Å²) < 4.78 is 5.34. The van der Waals surface area contributed by atoms with E-state index in [9.17, 15) is 5.11 Å². The van der Waals surface area contributed by atoms with Gasteiger partial charge in [0.25, 0.3) is 0 Å². The van der Waals surface area contributed by atoms with Crippen LogP contribution in [0.25, 0.3) is 0 Å². The molecule has 0 amide bonds. The Morgan fingerprint density at radius 1 is 1.29 bits per heavy atom. The molecule has 1 aliphatic rings. The lowest BCUT2D eigenvalue weighted by molar-refractivity contribution is 0.0376. The predicted molar refractivity (Wildman–Crippen MR) is 58.2 cm³/mol. The highest BCUT2D eigenvalue weighted by Gasteiger charge is 2.27. The van der Waals surface area contributed by atoms with Gasteiger partial charge >= 0.3 is 0 Å². The molecule has 1 unspecified atom stereocenters. The van der Waals surface area contributed by atoms with Crippen molar-refractivity contribution in [3.63, 3.8) is 0 Å². The number of aliphatic hydroxyl groups is 1. The second kappa shape index (κ2) is 5.13. The predicted octanol–water partition coefficient (Wildman–Crippen LogP) is 2.46. The Balaban J connectivity index is 2.39. The minimum absolute atomic E-state index is 0.229. The fourth-order valence-electron chi connectivity index (χ4n) is 2.09. The largest absolute Gasteiger partial charge is 0.396 e. The van der Waals surface area contributed by atoms with E-state index in [1.165, 1.54) is 12.8 Å². The first-order chi connectivity index (χ1) is 6.54. The van der Waals surface area contributed by atoms with Crippen LogP contribution in [0.5, 0.6) is 0 Å². The van der Waals surface area contributed by atoms with Gasteiger partial charge in [-0.3, -0.25) is 0 Å². The van der Waals surface area contributed by atoms with Crippen molar-refractivity contribution in [2.45, 2.75) is 40.0 Å². The minimum Gasteiger partial charge on any atom is -0.396 e. The van der Waals surface area contributed by atoms with Crippen molar-refractivity contribution in [3.05, 3.63) is 0 Å². The topological polar surface area (TPSA) is 29.5 Å². The van der Waals surface area contributed by atoms with Gasteiger partial charge in [-0.15, -0.1) is 0 Å². The summed E-state index contributed by atoms with van der Waals surface area (Å²) in [5.41, 5.74) is 0.229. The molecule has 1 N–H and O–H groups in total. The molecule has 0 aromatic carbocycles. The number of hydrogen-bond donors (Lipinski definition) is 1. The summed E-state index contributed by atoms with van der Waals surface area (Å²) >= 11 is 0. The maximum atomic E-state index is 9.36. The van der Waals surface area contributed by atoms with E-state index in [4.69, 9.17) is 4.74 Å². The summed E-state index contributed by atoms with van der Waals surface area (Å²) in [5.74, 6) is 1.20. The molecule has 0 bridgehead atoms. The van der Waals surface area contributed by atoms with Crippen molar-refractivity contribution in [2.75, 3.05) is 19.8 Å². The lowest BCUT2D eigenvalue weighted by Gasteiger charge is -2.33. The molecule has 1 atom stereocenters. The average molecular weight is 200 g/mol. The zero-order valence-electron chi connectivity index (χ0n) is 9.75. The van der Waals surface area contributed by atoms with Crippen molar-refractivity contribution >= 4 is 0 Å². The van der Waals surface area contributed by atoms with E-state index in [0.717, 1.165) is 25.6 Å². The summed E-state index contributed by atoms with van der Waals surface area (Å²) in [6.45, 7) is 8.79. The first kappa shape index (κ1) is 12.0. The minimum atomic E-state index is 0.229. The Morgan fingerprint density at radius 2 is 1.86 bits per heavy atom. The monoisotopic (exact) mass is 200 g/mol. The number of rotatable bonds is 3. The average Bonchev–Trinajstić information content (AvgIpc) is 2.14. The van der Waals surface area contributed by atoms with Crippen LogP contribution < -0.4 is 0 Å². The van der Waals surface area contributed by atoms with E-state index in [1.807, 2.05) is 0 Å². The Hall–Kier alpha value is -0.0800. The van der Waals surface area contributed by atoms with Crippen LogP contribution in [0.4, 0.5) is 0 Å². The fourth-order valence-corrected chi connectivity index (χ4v) is 2.09. The zero-order valence-corrected chi connectivity index (χ0v) is 9.75. The Bertz CT molecular complexity index is 154. The molecule has 0 radical (unpaired) electrons. The summed E-state index contributed by atoms with van der Waals surface area (Å²) in [6, 6.07) is 0. The Kier molecular flexibility index (Phi) is 4.39. The second-order valence-electron chi connectivity index (χ2n) is 5.54. The van der Waals surface area contributed by atoms with E-state index < -0.39 is 0 Å². The van der Waals surface area contributed by atoms with Crippen molar-refractivity contribution in [1.82, 2.24) is 0 Å². The molecule has 2 heteroatoms. The molecule has 2 nitrogen and oxygen atoms in total. The Morgan fingerprint density at radius 3 is 2.29 bits per heavy atom. The third kappa shape index (κ3) is 3.58. The van der Waals surface area contributed by atoms with Crippen LogP contribution in [0.3, 0.4) is 0 Å². The van der Waals surface area contributed by atoms with Crippen LogP contribution in [0, 0.1) is 17.3 Å². The van der Waals surface area contributed by atoms with E-state index in [-0.39, 0.29) is 5.41 Å². The van der Waals surface area contributed by atoms with Crippen molar-refractivity contribution in [2.24, 2.45) is 17.3 Å². The van der Waals surface area contributed by atoms with Crippen molar-refractivity contribution in [1.29, 1.82) is 0 Å². The van der Waals surface area contributed by atoms with E-state index >= 15 is 0 Å². The van der Waals surface area contributed by atoms with E-state index in [2.05, 4.69) is 20.8 Å². The number of hydrogen-bond acceptors (Lipinski definition) is 2. The van der Waals surface area contributed by atoms with Crippen LogP contribution in [-0.2, 0) is 4.74 Å².